The standard InChI is InChI=1S/C25H29N5O3/c1-17-20-13-22(32)30(14-18-7-3-2-4-8-18)25(20)27-24(26-17)19-9-5-11-28(15-19)23(33)16-29-12-6-10-21(29)31/h2-4,7-8,19H,5-6,9-16H2,1H3/t19-/m1/s1. The van der Waals surface area contributed by atoms with Crippen LogP contribution in [-0.4, -0.2) is 63.7 Å². The number of hydrogen-bond donors (Lipinski definition) is 0. The Labute approximate surface area is 193 Å². The molecule has 1 aromatic carbocycles. The SMILES string of the molecule is Cc1nc([C@@H]2CCCN(C(=O)CN3CCCC3=O)C2)nc2c1CC(=O)N2Cc1ccccc1. The molecular formula is C25H29N5O3. The first-order valence-electron chi connectivity index (χ1n) is 11.8. The highest BCUT2D eigenvalue weighted by atomic mass is 16.2. The second-order valence-corrected chi connectivity index (χ2v) is 9.21. The fraction of sp³-hybridized carbons (Fsp3) is 0.480. The molecule has 8 heteroatoms. The van der Waals surface area contributed by atoms with Gasteiger partial charge in [-0.2, -0.15) is 0 Å². The van der Waals surface area contributed by atoms with Crippen molar-refractivity contribution in [2.75, 3.05) is 31.1 Å². The van der Waals surface area contributed by atoms with Crippen LogP contribution in [-0.2, 0) is 27.3 Å². The van der Waals surface area contributed by atoms with Gasteiger partial charge in [0.05, 0.1) is 19.5 Å². The van der Waals surface area contributed by atoms with Crippen LogP contribution in [0.15, 0.2) is 30.3 Å². The number of anilines is 1. The lowest BCUT2D eigenvalue weighted by atomic mass is 9.96. The molecule has 3 aliphatic rings. The number of aromatic nitrogens is 2. The van der Waals surface area contributed by atoms with Crippen LogP contribution in [0.2, 0.25) is 0 Å². The molecule has 1 atom stereocenters. The van der Waals surface area contributed by atoms with Gasteiger partial charge in [-0.25, -0.2) is 9.97 Å². The Morgan fingerprint density at radius 2 is 1.88 bits per heavy atom. The van der Waals surface area contributed by atoms with Crippen molar-refractivity contribution < 1.29 is 14.4 Å². The lowest BCUT2D eigenvalue weighted by Gasteiger charge is -2.33. The minimum atomic E-state index is -0.00582. The summed E-state index contributed by atoms with van der Waals surface area (Å²) in [4.78, 5) is 52.5. The Kier molecular flexibility index (Phi) is 5.83. The molecule has 0 N–H and O–H groups in total. The number of hydrogen-bond acceptors (Lipinski definition) is 5. The van der Waals surface area contributed by atoms with E-state index in [0.717, 1.165) is 36.1 Å². The number of aryl methyl sites for hydroxylation is 1. The van der Waals surface area contributed by atoms with E-state index in [1.807, 2.05) is 42.2 Å². The van der Waals surface area contributed by atoms with Gasteiger partial charge in [-0.05, 0) is 31.7 Å². The van der Waals surface area contributed by atoms with Crippen molar-refractivity contribution in [1.29, 1.82) is 0 Å². The van der Waals surface area contributed by atoms with Gasteiger partial charge in [0.1, 0.15) is 11.6 Å². The monoisotopic (exact) mass is 447 g/mol. The first-order valence-corrected chi connectivity index (χ1v) is 11.8. The maximum absolute atomic E-state index is 12.9. The predicted molar refractivity (Wildman–Crippen MR) is 122 cm³/mol. The molecule has 2 saturated heterocycles. The topological polar surface area (TPSA) is 86.7 Å². The van der Waals surface area contributed by atoms with E-state index in [0.29, 0.717) is 50.7 Å². The molecule has 172 valence electrons. The van der Waals surface area contributed by atoms with Crippen LogP contribution in [0.3, 0.4) is 0 Å². The molecular weight excluding hydrogens is 418 g/mol. The average molecular weight is 448 g/mol. The van der Waals surface area contributed by atoms with E-state index in [9.17, 15) is 14.4 Å². The van der Waals surface area contributed by atoms with Gasteiger partial charge in [-0.3, -0.25) is 19.3 Å². The van der Waals surface area contributed by atoms with Crippen LogP contribution in [0, 0.1) is 6.92 Å². The third-order valence-corrected chi connectivity index (χ3v) is 6.91. The molecule has 4 heterocycles. The summed E-state index contributed by atoms with van der Waals surface area (Å²) in [6.07, 6.45) is 3.47. The van der Waals surface area contributed by atoms with Crippen molar-refractivity contribution in [3.05, 3.63) is 53.0 Å². The summed E-state index contributed by atoms with van der Waals surface area (Å²) in [5.74, 6) is 1.53. The van der Waals surface area contributed by atoms with Gasteiger partial charge < -0.3 is 9.80 Å². The number of likely N-dealkylation sites (tertiary alicyclic amines) is 2. The summed E-state index contributed by atoms with van der Waals surface area (Å²) in [5, 5.41) is 0. The molecule has 33 heavy (non-hydrogen) atoms. The van der Waals surface area contributed by atoms with Crippen LogP contribution in [0.4, 0.5) is 5.82 Å². The van der Waals surface area contributed by atoms with Crippen LogP contribution >= 0.6 is 0 Å². The molecule has 0 radical (unpaired) electrons. The van der Waals surface area contributed by atoms with E-state index >= 15 is 0 Å². The molecule has 1 aromatic heterocycles. The number of benzene rings is 1. The predicted octanol–water partition coefficient (Wildman–Crippen LogP) is 2.20. The van der Waals surface area contributed by atoms with E-state index in [2.05, 4.69) is 0 Å². The lowest BCUT2D eigenvalue weighted by molar-refractivity contribution is -0.139. The minimum Gasteiger partial charge on any atom is -0.340 e. The molecule has 0 bridgehead atoms. The third kappa shape index (κ3) is 4.34. The van der Waals surface area contributed by atoms with Crippen molar-refractivity contribution in [3.8, 4) is 0 Å². The summed E-state index contributed by atoms with van der Waals surface area (Å²) >= 11 is 0. The van der Waals surface area contributed by atoms with Crippen molar-refractivity contribution in [1.82, 2.24) is 19.8 Å². The van der Waals surface area contributed by atoms with Crippen molar-refractivity contribution in [3.63, 3.8) is 0 Å². The Morgan fingerprint density at radius 3 is 2.64 bits per heavy atom. The molecule has 5 rings (SSSR count). The second kappa shape index (κ2) is 8.92. The summed E-state index contributed by atoms with van der Waals surface area (Å²) < 4.78 is 0. The largest absolute Gasteiger partial charge is 0.340 e. The van der Waals surface area contributed by atoms with E-state index in [4.69, 9.17) is 9.97 Å². The van der Waals surface area contributed by atoms with Gasteiger partial charge in [0.25, 0.3) is 0 Å². The molecule has 0 saturated carbocycles. The first kappa shape index (κ1) is 21.6. The molecule has 2 fully saturated rings. The van der Waals surface area contributed by atoms with Crippen molar-refractivity contribution in [2.24, 2.45) is 0 Å². The van der Waals surface area contributed by atoms with Gasteiger partial charge in [-0.15, -0.1) is 0 Å². The highest BCUT2D eigenvalue weighted by molar-refractivity contribution is 6.00. The molecule has 8 nitrogen and oxygen atoms in total. The number of nitrogens with zero attached hydrogens (tertiary/aromatic N) is 5. The van der Waals surface area contributed by atoms with Gasteiger partial charge in [0, 0.05) is 43.2 Å². The van der Waals surface area contributed by atoms with Crippen molar-refractivity contribution in [2.45, 2.75) is 51.5 Å². The number of carbonyl (C=O) groups excluding carboxylic acids is 3. The van der Waals surface area contributed by atoms with Gasteiger partial charge >= 0.3 is 0 Å². The van der Waals surface area contributed by atoms with Gasteiger partial charge in [-0.1, -0.05) is 30.3 Å². The molecule has 3 amide bonds. The zero-order valence-electron chi connectivity index (χ0n) is 19.0. The van der Waals surface area contributed by atoms with E-state index in [1.165, 1.54) is 0 Å². The van der Waals surface area contributed by atoms with Gasteiger partial charge in [0.2, 0.25) is 17.7 Å². The smallest absolute Gasteiger partial charge is 0.242 e. The summed E-state index contributed by atoms with van der Waals surface area (Å²) in [7, 11) is 0. The molecule has 2 aromatic rings. The van der Waals surface area contributed by atoms with Crippen LogP contribution < -0.4 is 4.90 Å². The Hall–Kier alpha value is -3.29. The van der Waals surface area contributed by atoms with Crippen LogP contribution in [0.1, 0.15) is 54.2 Å². The van der Waals surface area contributed by atoms with E-state index in [1.54, 1.807) is 9.80 Å². The maximum atomic E-state index is 12.9. The zero-order chi connectivity index (χ0) is 22.9. The van der Waals surface area contributed by atoms with E-state index < -0.39 is 0 Å². The Balaban J connectivity index is 1.34. The first-order chi connectivity index (χ1) is 16.0. The minimum absolute atomic E-state index is 0.00582. The number of carbonyl (C=O) groups is 3. The van der Waals surface area contributed by atoms with Gasteiger partial charge in [0.15, 0.2) is 0 Å². The Bertz CT molecular complexity index is 1090. The quantitative estimate of drug-likeness (QED) is 0.701. The fourth-order valence-corrected chi connectivity index (χ4v) is 5.06. The third-order valence-electron chi connectivity index (χ3n) is 6.91. The van der Waals surface area contributed by atoms with Crippen molar-refractivity contribution >= 4 is 23.5 Å². The number of amides is 3. The lowest BCUT2D eigenvalue weighted by Crippen LogP contribution is -2.45. The highest BCUT2D eigenvalue weighted by Crippen LogP contribution is 2.33. The molecule has 3 aliphatic heterocycles. The maximum Gasteiger partial charge on any atom is 0.242 e. The normalized spacial score (nSPS) is 20.5. The summed E-state index contributed by atoms with van der Waals surface area (Å²) in [6, 6.07) is 9.92. The average Bonchev–Trinajstić information content (AvgIpc) is 3.37. The second-order valence-electron chi connectivity index (χ2n) is 9.21. The van der Waals surface area contributed by atoms with E-state index in [-0.39, 0.29) is 30.2 Å². The number of rotatable bonds is 5. The summed E-state index contributed by atoms with van der Waals surface area (Å²) in [6.45, 7) is 4.50. The molecule has 0 aliphatic carbocycles. The number of piperidine rings is 1. The Morgan fingerprint density at radius 1 is 1.06 bits per heavy atom. The number of fused-ring (bicyclic) bond motifs is 1. The molecule has 0 spiro atoms. The van der Waals surface area contributed by atoms with Crippen LogP contribution in [0.25, 0.3) is 0 Å². The highest BCUT2D eigenvalue weighted by Gasteiger charge is 2.34. The van der Waals surface area contributed by atoms with Crippen LogP contribution in [0.5, 0.6) is 0 Å². The zero-order valence-corrected chi connectivity index (χ0v) is 19.0. The molecule has 0 unspecified atom stereocenters. The summed E-state index contributed by atoms with van der Waals surface area (Å²) in [5.41, 5.74) is 2.79. The fourth-order valence-electron chi connectivity index (χ4n) is 5.06.